The maximum Gasteiger partial charge on any atom is 0.119 e. The van der Waals surface area contributed by atoms with Crippen molar-refractivity contribution >= 4 is 28.9 Å². The summed E-state index contributed by atoms with van der Waals surface area (Å²) in [4.78, 5) is 0. The Balaban J connectivity index is 1.67. The van der Waals surface area contributed by atoms with E-state index in [0.717, 1.165) is 30.9 Å². The van der Waals surface area contributed by atoms with Gasteiger partial charge in [0.25, 0.3) is 0 Å². The third-order valence-corrected chi connectivity index (χ3v) is 5.94. The largest absolute Gasteiger partial charge is 0.494 e. The Hall–Kier alpha value is -1.64. The van der Waals surface area contributed by atoms with Gasteiger partial charge in [-0.1, -0.05) is 60.5 Å². The van der Waals surface area contributed by atoms with Gasteiger partial charge in [-0.15, -0.1) is 0 Å². The molecule has 1 aliphatic heterocycles. The van der Waals surface area contributed by atoms with Gasteiger partial charge in [-0.2, -0.15) is 0 Å². The third-order valence-electron chi connectivity index (χ3n) is 5.14. The quantitative estimate of drug-likeness (QED) is 0.608. The van der Waals surface area contributed by atoms with Crippen molar-refractivity contribution in [2.45, 2.75) is 31.7 Å². The lowest BCUT2D eigenvalue weighted by Crippen LogP contribution is -2.29. The maximum absolute atomic E-state index is 6.50. The van der Waals surface area contributed by atoms with E-state index in [4.69, 9.17) is 27.9 Å². The lowest BCUT2D eigenvalue weighted by Gasteiger charge is -2.38. The van der Waals surface area contributed by atoms with Gasteiger partial charge < -0.3 is 10.1 Å². The normalized spacial score (nSPS) is 23.7. The summed E-state index contributed by atoms with van der Waals surface area (Å²) in [7, 11) is 0. The SMILES string of the molecule is CCCOc1ccc([C@@H]2Nc3c(ccc(Cl)c3Cl)[C@@H]3C=CC[C@@H]32)cc1. The molecule has 4 rings (SSSR count). The van der Waals surface area contributed by atoms with Gasteiger partial charge in [0.1, 0.15) is 5.75 Å². The molecule has 0 bridgehead atoms. The Kier molecular flexibility index (Phi) is 4.66. The lowest BCUT2D eigenvalue weighted by molar-refractivity contribution is 0.317. The van der Waals surface area contributed by atoms with Crippen LogP contribution in [-0.4, -0.2) is 6.61 Å². The van der Waals surface area contributed by atoms with Gasteiger partial charge in [-0.3, -0.25) is 0 Å². The third kappa shape index (κ3) is 3.02. The second-order valence-corrected chi connectivity index (χ2v) is 7.50. The number of fused-ring (bicyclic) bond motifs is 3. The number of anilines is 1. The molecular weight excluding hydrogens is 353 g/mol. The van der Waals surface area contributed by atoms with Crippen molar-refractivity contribution in [3.63, 3.8) is 0 Å². The van der Waals surface area contributed by atoms with E-state index in [-0.39, 0.29) is 6.04 Å². The van der Waals surface area contributed by atoms with Crippen molar-refractivity contribution in [2.75, 3.05) is 11.9 Å². The molecule has 0 saturated carbocycles. The Morgan fingerprint density at radius 3 is 2.68 bits per heavy atom. The summed E-state index contributed by atoms with van der Waals surface area (Å²) in [5, 5.41) is 4.87. The van der Waals surface area contributed by atoms with Gasteiger partial charge in [0.2, 0.25) is 0 Å². The van der Waals surface area contributed by atoms with E-state index in [0.29, 0.717) is 21.9 Å². The molecule has 0 radical (unpaired) electrons. The topological polar surface area (TPSA) is 21.3 Å². The smallest absolute Gasteiger partial charge is 0.119 e. The standard InChI is InChI=1S/C21H21Cl2NO/c1-2-12-25-14-8-6-13(7-9-14)20-16-5-3-4-15(16)17-10-11-18(22)19(23)21(17)24-20/h3-4,6-11,15-16,20,24H,2,5,12H2,1H3/t15-,16+,20+/m1/s1. The van der Waals surface area contributed by atoms with Gasteiger partial charge in [0.05, 0.1) is 28.4 Å². The first-order valence-electron chi connectivity index (χ1n) is 8.83. The summed E-state index contributed by atoms with van der Waals surface area (Å²) < 4.78 is 5.70. The van der Waals surface area contributed by atoms with Crippen molar-refractivity contribution in [1.82, 2.24) is 0 Å². The number of ether oxygens (including phenoxy) is 1. The van der Waals surface area contributed by atoms with E-state index in [1.165, 1.54) is 11.1 Å². The van der Waals surface area contributed by atoms with Gasteiger partial charge in [0, 0.05) is 5.92 Å². The van der Waals surface area contributed by atoms with Crippen LogP contribution < -0.4 is 10.1 Å². The monoisotopic (exact) mass is 373 g/mol. The summed E-state index contributed by atoms with van der Waals surface area (Å²) in [5.41, 5.74) is 3.47. The average molecular weight is 374 g/mol. The molecule has 2 aromatic carbocycles. The molecule has 0 spiro atoms. The first-order valence-corrected chi connectivity index (χ1v) is 9.58. The number of allylic oxidation sites excluding steroid dienone is 2. The van der Waals surface area contributed by atoms with E-state index in [2.05, 4.69) is 54.7 Å². The van der Waals surface area contributed by atoms with Crippen LogP contribution in [0.3, 0.4) is 0 Å². The fraction of sp³-hybridized carbons (Fsp3) is 0.333. The fourth-order valence-electron chi connectivity index (χ4n) is 3.92. The lowest BCUT2D eigenvalue weighted by atomic mass is 9.77. The van der Waals surface area contributed by atoms with Crippen molar-refractivity contribution < 1.29 is 4.74 Å². The molecule has 25 heavy (non-hydrogen) atoms. The second-order valence-electron chi connectivity index (χ2n) is 6.72. The maximum atomic E-state index is 6.50. The average Bonchev–Trinajstić information content (AvgIpc) is 3.13. The van der Waals surface area contributed by atoms with Crippen LogP contribution >= 0.6 is 23.2 Å². The molecule has 3 atom stereocenters. The molecular formula is C21H21Cl2NO. The van der Waals surface area contributed by atoms with Crippen LogP contribution in [-0.2, 0) is 0 Å². The zero-order valence-electron chi connectivity index (χ0n) is 14.1. The van der Waals surface area contributed by atoms with Crippen molar-refractivity contribution in [1.29, 1.82) is 0 Å². The van der Waals surface area contributed by atoms with Crippen LogP contribution in [0.5, 0.6) is 5.75 Å². The molecule has 1 aliphatic carbocycles. The van der Waals surface area contributed by atoms with Crippen LogP contribution in [0.15, 0.2) is 48.6 Å². The van der Waals surface area contributed by atoms with E-state index < -0.39 is 0 Å². The molecule has 2 aromatic rings. The molecule has 0 fully saturated rings. The van der Waals surface area contributed by atoms with E-state index in [1.807, 2.05) is 6.07 Å². The highest BCUT2D eigenvalue weighted by atomic mass is 35.5. The molecule has 4 heteroatoms. The number of hydrogen-bond donors (Lipinski definition) is 1. The summed E-state index contributed by atoms with van der Waals surface area (Å²) in [6.07, 6.45) is 6.66. The minimum atomic E-state index is 0.212. The minimum absolute atomic E-state index is 0.212. The summed E-state index contributed by atoms with van der Waals surface area (Å²) in [5.74, 6) is 1.79. The number of hydrogen-bond acceptors (Lipinski definition) is 2. The Morgan fingerprint density at radius 1 is 1.12 bits per heavy atom. The first-order chi connectivity index (χ1) is 12.2. The van der Waals surface area contributed by atoms with Crippen molar-refractivity contribution in [3.05, 3.63) is 69.7 Å². The van der Waals surface area contributed by atoms with Crippen LogP contribution in [0, 0.1) is 5.92 Å². The molecule has 1 heterocycles. The number of benzene rings is 2. The highest BCUT2D eigenvalue weighted by Crippen LogP contribution is 2.52. The molecule has 2 nitrogen and oxygen atoms in total. The van der Waals surface area contributed by atoms with Crippen LogP contribution in [0.25, 0.3) is 0 Å². The highest BCUT2D eigenvalue weighted by molar-refractivity contribution is 6.43. The predicted octanol–water partition coefficient (Wildman–Crippen LogP) is 6.61. The Bertz CT molecular complexity index is 800. The molecule has 2 aliphatic rings. The van der Waals surface area contributed by atoms with Crippen molar-refractivity contribution in [2.24, 2.45) is 5.92 Å². The number of nitrogens with one attached hydrogen (secondary N) is 1. The van der Waals surface area contributed by atoms with Crippen molar-refractivity contribution in [3.8, 4) is 5.75 Å². The van der Waals surface area contributed by atoms with Gasteiger partial charge in [-0.25, -0.2) is 0 Å². The second kappa shape index (κ2) is 6.93. The molecule has 0 aromatic heterocycles. The summed E-state index contributed by atoms with van der Waals surface area (Å²) >= 11 is 12.7. The summed E-state index contributed by atoms with van der Waals surface area (Å²) in [6.45, 7) is 2.86. The highest BCUT2D eigenvalue weighted by Gasteiger charge is 2.38. The Morgan fingerprint density at radius 2 is 1.92 bits per heavy atom. The summed E-state index contributed by atoms with van der Waals surface area (Å²) in [6, 6.07) is 12.6. The molecule has 0 amide bonds. The van der Waals surface area contributed by atoms with E-state index in [9.17, 15) is 0 Å². The Labute approximate surface area is 158 Å². The fourth-order valence-corrected chi connectivity index (χ4v) is 4.31. The van der Waals surface area contributed by atoms with E-state index >= 15 is 0 Å². The van der Waals surface area contributed by atoms with Gasteiger partial charge in [-0.05, 0) is 48.1 Å². The minimum Gasteiger partial charge on any atom is -0.494 e. The van der Waals surface area contributed by atoms with Crippen LogP contribution in [0.4, 0.5) is 5.69 Å². The molecule has 1 N–H and O–H groups in total. The first kappa shape index (κ1) is 16.8. The molecule has 0 saturated heterocycles. The van der Waals surface area contributed by atoms with Crippen LogP contribution in [0.2, 0.25) is 10.0 Å². The zero-order chi connectivity index (χ0) is 17.4. The number of rotatable bonds is 4. The van der Waals surface area contributed by atoms with Gasteiger partial charge in [0.15, 0.2) is 0 Å². The zero-order valence-corrected chi connectivity index (χ0v) is 15.6. The predicted molar refractivity (Wildman–Crippen MR) is 105 cm³/mol. The van der Waals surface area contributed by atoms with Crippen LogP contribution in [0.1, 0.15) is 42.9 Å². The van der Waals surface area contributed by atoms with E-state index in [1.54, 1.807) is 0 Å². The molecule has 130 valence electrons. The number of halogens is 2. The van der Waals surface area contributed by atoms with Gasteiger partial charge >= 0.3 is 0 Å². The molecule has 0 unspecified atom stereocenters.